The maximum absolute atomic E-state index is 13.4. The Morgan fingerprint density at radius 1 is 1.29 bits per heavy atom. The first kappa shape index (κ1) is 11.0. The second kappa shape index (κ2) is 3.99. The molecule has 1 N–H and O–H groups in total. The average molecular weight is 195 g/mol. The highest BCUT2D eigenvalue weighted by Gasteiger charge is 2.11. The Kier molecular flexibility index (Phi) is 3.14. The van der Waals surface area contributed by atoms with Crippen molar-refractivity contribution in [2.75, 3.05) is 11.9 Å². The zero-order valence-corrected chi connectivity index (χ0v) is 9.32. The molecule has 0 aliphatic heterocycles. The first-order valence-corrected chi connectivity index (χ1v) is 4.89. The van der Waals surface area contributed by atoms with E-state index in [1.54, 1.807) is 6.07 Å². The Balaban J connectivity index is 2.77. The Morgan fingerprint density at radius 3 is 2.43 bits per heavy atom. The van der Waals surface area contributed by atoms with E-state index in [2.05, 4.69) is 26.1 Å². The van der Waals surface area contributed by atoms with Crippen molar-refractivity contribution in [3.8, 4) is 0 Å². The van der Waals surface area contributed by atoms with E-state index < -0.39 is 0 Å². The fourth-order valence-corrected chi connectivity index (χ4v) is 1.21. The van der Waals surface area contributed by atoms with Gasteiger partial charge in [0.15, 0.2) is 0 Å². The molecule has 0 bridgehead atoms. The van der Waals surface area contributed by atoms with Gasteiger partial charge in [-0.2, -0.15) is 0 Å². The van der Waals surface area contributed by atoms with Crippen LogP contribution in [0.4, 0.5) is 10.1 Å². The van der Waals surface area contributed by atoms with E-state index in [0.29, 0.717) is 5.69 Å². The van der Waals surface area contributed by atoms with Crippen LogP contribution in [0.3, 0.4) is 0 Å². The van der Waals surface area contributed by atoms with Crippen LogP contribution in [0, 0.1) is 18.2 Å². The molecule has 1 rings (SSSR count). The van der Waals surface area contributed by atoms with Crippen LogP contribution in [0.15, 0.2) is 18.2 Å². The van der Waals surface area contributed by atoms with Crippen molar-refractivity contribution in [3.05, 3.63) is 29.6 Å². The molecule has 1 nitrogen and oxygen atoms in total. The third kappa shape index (κ3) is 3.02. The van der Waals surface area contributed by atoms with Gasteiger partial charge in [0.25, 0.3) is 0 Å². The number of halogens is 1. The smallest absolute Gasteiger partial charge is 0.146 e. The molecule has 0 radical (unpaired) electrons. The second-order valence-electron chi connectivity index (χ2n) is 4.85. The molecule has 0 heterocycles. The van der Waals surface area contributed by atoms with Crippen molar-refractivity contribution < 1.29 is 4.39 Å². The van der Waals surface area contributed by atoms with Crippen molar-refractivity contribution in [1.82, 2.24) is 0 Å². The summed E-state index contributed by atoms with van der Waals surface area (Å²) in [5.41, 5.74) is 1.74. The van der Waals surface area contributed by atoms with Crippen molar-refractivity contribution in [2.24, 2.45) is 5.41 Å². The second-order valence-corrected chi connectivity index (χ2v) is 4.85. The molecule has 1 aromatic carbocycles. The van der Waals surface area contributed by atoms with E-state index in [9.17, 15) is 4.39 Å². The molecule has 0 aliphatic carbocycles. The van der Waals surface area contributed by atoms with Gasteiger partial charge in [-0.1, -0.05) is 32.9 Å². The largest absolute Gasteiger partial charge is 0.382 e. The monoisotopic (exact) mass is 195 g/mol. The summed E-state index contributed by atoms with van der Waals surface area (Å²) in [6, 6.07) is 5.12. The molecule has 0 aliphatic rings. The summed E-state index contributed by atoms with van der Waals surface area (Å²) in [4.78, 5) is 0. The maximum atomic E-state index is 13.4. The Labute approximate surface area is 85.3 Å². The minimum Gasteiger partial charge on any atom is -0.382 e. The summed E-state index contributed by atoms with van der Waals surface area (Å²) < 4.78 is 13.4. The highest BCUT2D eigenvalue weighted by molar-refractivity contribution is 5.51. The molecule has 14 heavy (non-hydrogen) atoms. The molecule has 0 aromatic heterocycles. The predicted molar refractivity (Wildman–Crippen MR) is 59.1 cm³/mol. The SMILES string of the molecule is Cc1cccc(F)c1NCC(C)(C)C. The molecular formula is C12H18FN. The van der Waals surface area contributed by atoms with E-state index in [1.165, 1.54) is 6.07 Å². The van der Waals surface area contributed by atoms with E-state index in [-0.39, 0.29) is 11.2 Å². The quantitative estimate of drug-likeness (QED) is 0.760. The standard InChI is InChI=1S/C12H18FN/c1-9-6-5-7-10(13)11(9)14-8-12(2,3)4/h5-7,14H,8H2,1-4H3. The summed E-state index contributed by atoms with van der Waals surface area (Å²) in [6.45, 7) is 9.05. The van der Waals surface area contributed by atoms with Gasteiger partial charge in [0.1, 0.15) is 5.82 Å². The fourth-order valence-electron chi connectivity index (χ4n) is 1.21. The number of hydrogen-bond donors (Lipinski definition) is 1. The highest BCUT2D eigenvalue weighted by Crippen LogP contribution is 2.21. The summed E-state index contributed by atoms with van der Waals surface area (Å²) >= 11 is 0. The zero-order chi connectivity index (χ0) is 10.8. The normalized spacial score (nSPS) is 11.5. The summed E-state index contributed by atoms with van der Waals surface area (Å²) in [6.07, 6.45) is 0. The first-order chi connectivity index (χ1) is 6.40. The predicted octanol–water partition coefficient (Wildman–Crippen LogP) is 3.59. The Morgan fingerprint density at radius 2 is 1.93 bits per heavy atom. The fraction of sp³-hybridized carbons (Fsp3) is 0.500. The van der Waals surface area contributed by atoms with Crippen LogP contribution in [-0.4, -0.2) is 6.54 Å². The highest BCUT2D eigenvalue weighted by atomic mass is 19.1. The first-order valence-electron chi connectivity index (χ1n) is 4.89. The van der Waals surface area contributed by atoms with Crippen LogP contribution in [0.1, 0.15) is 26.3 Å². The van der Waals surface area contributed by atoms with Crippen LogP contribution < -0.4 is 5.32 Å². The summed E-state index contributed by atoms with van der Waals surface area (Å²) in [7, 11) is 0. The lowest BCUT2D eigenvalue weighted by molar-refractivity contribution is 0.442. The van der Waals surface area contributed by atoms with Crippen molar-refractivity contribution in [1.29, 1.82) is 0 Å². The minimum absolute atomic E-state index is 0.161. The molecule has 0 amide bonds. The van der Waals surface area contributed by atoms with Gasteiger partial charge in [-0.3, -0.25) is 0 Å². The molecule has 78 valence electrons. The Bertz CT molecular complexity index is 292. The number of rotatable bonds is 2. The third-order valence-corrected chi connectivity index (χ3v) is 2.02. The van der Waals surface area contributed by atoms with Crippen LogP contribution in [0.2, 0.25) is 0 Å². The number of nitrogens with one attached hydrogen (secondary N) is 1. The number of benzene rings is 1. The number of hydrogen-bond acceptors (Lipinski definition) is 1. The van der Waals surface area contributed by atoms with E-state index in [1.807, 2.05) is 13.0 Å². The van der Waals surface area contributed by atoms with Gasteiger partial charge in [0, 0.05) is 6.54 Å². The van der Waals surface area contributed by atoms with Gasteiger partial charge < -0.3 is 5.32 Å². The average Bonchev–Trinajstić information content (AvgIpc) is 2.01. The summed E-state index contributed by atoms with van der Waals surface area (Å²) in [5.74, 6) is -0.172. The van der Waals surface area contributed by atoms with Gasteiger partial charge in [-0.15, -0.1) is 0 Å². The van der Waals surface area contributed by atoms with Crippen LogP contribution in [0.25, 0.3) is 0 Å². The number of aryl methyl sites for hydroxylation is 1. The molecule has 0 spiro atoms. The molecule has 0 fully saturated rings. The molecule has 0 atom stereocenters. The van der Waals surface area contributed by atoms with Crippen LogP contribution in [0.5, 0.6) is 0 Å². The third-order valence-electron chi connectivity index (χ3n) is 2.02. The maximum Gasteiger partial charge on any atom is 0.146 e. The molecule has 0 unspecified atom stereocenters. The van der Waals surface area contributed by atoms with Crippen LogP contribution in [-0.2, 0) is 0 Å². The number of para-hydroxylation sites is 1. The molecule has 0 saturated carbocycles. The van der Waals surface area contributed by atoms with Crippen molar-refractivity contribution in [2.45, 2.75) is 27.7 Å². The van der Waals surface area contributed by atoms with Gasteiger partial charge >= 0.3 is 0 Å². The summed E-state index contributed by atoms with van der Waals surface area (Å²) in [5, 5.41) is 3.15. The van der Waals surface area contributed by atoms with E-state index in [0.717, 1.165) is 12.1 Å². The lowest BCUT2D eigenvalue weighted by Gasteiger charge is -2.20. The van der Waals surface area contributed by atoms with Gasteiger partial charge in [-0.25, -0.2) is 4.39 Å². The number of anilines is 1. The molecule has 0 saturated heterocycles. The lowest BCUT2D eigenvalue weighted by atomic mass is 9.96. The Hall–Kier alpha value is -1.05. The zero-order valence-electron chi connectivity index (χ0n) is 9.32. The van der Waals surface area contributed by atoms with E-state index in [4.69, 9.17) is 0 Å². The van der Waals surface area contributed by atoms with Crippen molar-refractivity contribution in [3.63, 3.8) is 0 Å². The molecule has 2 heteroatoms. The van der Waals surface area contributed by atoms with Gasteiger partial charge in [-0.05, 0) is 24.0 Å². The van der Waals surface area contributed by atoms with Gasteiger partial charge in [0.05, 0.1) is 5.69 Å². The van der Waals surface area contributed by atoms with Gasteiger partial charge in [0.2, 0.25) is 0 Å². The molecular weight excluding hydrogens is 177 g/mol. The van der Waals surface area contributed by atoms with Crippen molar-refractivity contribution >= 4 is 5.69 Å². The van der Waals surface area contributed by atoms with E-state index >= 15 is 0 Å². The topological polar surface area (TPSA) is 12.0 Å². The van der Waals surface area contributed by atoms with Crippen LogP contribution >= 0.6 is 0 Å². The minimum atomic E-state index is -0.172. The lowest BCUT2D eigenvalue weighted by Crippen LogP contribution is -2.20. The molecule has 1 aromatic rings.